The van der Waals surface area contributed by atoms with Crippen LogP contribution in [0.3, 0.4) is 0 Å². The number of thiol groups is 1. The van der Waals surface area contributed by atoms with Gasteiger partial charge in [0.1, 0.15) is 6.04 Å². The average molecular weight is 293 g/mol. The molecule has 0 saturated carbocycles. The van der Waals surface area contributed by atoms with E-state index in [9.17, 15) is 14.7 Å². The van der Waals surface area contributed by atoms with E-state index in [4.69, 9.17) is 0 Å². The van der Waals surface area contributed by atoms with Gasteiger partial charge in [-0.25, -0.2) is 4.79 Å². The zero-order valence-corrected chi connectivity index (χ0v) is 12.3. The summed E-state index contributed by atoms with van der Waals surface area (Å²) in [6.45, 7) is 1.79. The van der Waals surface area contributed by atoms with Gasteiger partial charge in [0.15, 0.2) is 0 Å². The summed E-state index contributed by atoms with van der Waals surface area (Å²) < 4.78 is 0. The molecule has 3 unspecified atom stereocenters. The molecule has 2 rings (SSSR count). The summed E-state index contributed by atoms with van der Waals surface area (Å²) in [5.41, 5.74) is 0.996. The molecule has 1 aliphatic heterocycles. The van der Waals surface area contributed by atoms with E-state index >= 15 is 0 Å². The summed E-state index contributed by atoms with van der Waals surface area (Å²) in [5, 5.41) is 9.34. The molecule has 0 radical (unpaired) electrons. The van der Waals surface area contributed by atoms with Crippen LogP contribution in [0.15, 0.2) is 30.3 Å². The largest absolute Gasteiger partial charge is 0.480 e. The van der Waals surface area contributed by atoms with Crippen molar-refractivity contribution >= 4 is 24.5 Å². The number of carboxylic acid groups (broad SMARTS) is 1. The lowest BCUT2D eigenvalue weighted by Gasteiger charge is -2.30. The summed E-state index contributed by atoms with van der Waals surface area (Å²) in [7, 11) is 0. The number of nitrogens with zero attached hydrogens (tertiary/aromatic N) is 1. The van der Waals surface area contributed by atoms with E-state index in [0.29, 0.717) is 18.6 Å². The third kappa shape index (κ3) is 2.82. The van der Waals surface area contributed by atoms with Crippen LogP contribution in [0.5, 0.6) is 0 Å². The maximum Gasteiger partial charge on any atom is 0.326 e. The SMILES string of the molecule is CC(CS)C(=O)N1C(C(=O)O)CCC1c1ccccc1. The van der Waals surface area contributed by atoms with Crippen molar-refractivity contribution < 1.29 is 14.7 Å². The summed E-state index contributed by atoms with van der Waals surface area (Å²) >= 11 is 4.15. The minimum absolute atomic E-state index is 0.126. The molecule has 5 heteroatoms. The highest BCUT2D eigenvalue weighted by Gasteiger charge is 2.42. The molecule has 0 aliphatic carbocycles. The average Bonchev–Trinajstić information content (AvgIpc) is 2.91. The standard InChI is InChI=1S/C15H19NO3S/c1-10(9-20)14(17)16-12(7-8-13(16)15(18)19)11-5-3-2-4-6-11/h2-6,10,12-13,20H,7-9H2,1H3,(H,18,19). The van der Waals surface area contributed by atoms with E-state index in [1.54, 1.807) is 11.8 Å². The lowest BCUT2D eigenvalue weighted by Crippen LogP contribution is -2.44. The van der Waals surface area contributed by atoms with Crippen LogP contribution in [0.25, 0.3) is 0 Å². The Morgan fingerprint density at radius 1 is 1.35 bits per heavy atom. The van der Waals surface area contributed by atoms with Gasteiger partial charge in [0, 0.05) is 11.7 Å². The molecular weight excluding hydrogens is 274 g/mol. The first-order chi connectivity index (χ1) is 9.56. The van der Waals surface area contributed by atoms with Gasteiger partial charge in [-0.3, -0.25) is 4.79 Å². The number of hydrogen-bond donors (Lipinski definition) is 2. The molecule has 1 saturated heterocycles. The van der Waals surface area contributed by atoms with Crippen LogP contribution in [0, 0.1) is 5.92 Å². The number of carbonyl (C=O) groups excluding carboxylic acids is 1. The molecule has 1 N–H and O–H groups in total. The predicted octanol–water partition coefficient (Wildman–Crippen LogP) is 2.37. The minimum Gasteiger partial charge on any atom is -0.480 e. The second-order valence-electron chi connectivity index (χ2n) is 5.19. The number of carbonyl (C=O) groups is 2. The smallest absolute Gasteiger partial charge is 0.326 e. The monoisotopic (exact) mass is 293 g/mol. The molecule has 1 amide bonds. The fraction of sp³-hybridized carbons (Fsp3) is 0.467. The molecule has 3 atom stereocenters. The number of rotatable bonds is 4. The number of likely N-dealkylation sites (tertiary alicyclic amines) is 1. The Balaban J connectivity index is 2.32. The summed E-state index contributed by atoms with van der Waals surface area (Å²) in [6, 6.07) is 8.75. The second kappa shape index (κ2) is 6.31. The fourth-order valence-electron chi connectivity index (χ4n) is 2.70. The molecule has 1 heterocycles. The second-order valence-corrected chi connectivity index (χ2v) is 5.55. The lowest BCUT2D eigenvalue weighted by molar-refractivity contribution is -0.151. The third-order valence-corrected chi connectivity index (χ3v) is 4.35. The normalized spacial score (nSPS) is 23.6. The van der Waals surface area contributed by atoms with Crippen molar-refractivity contribution in [3.05, 3.63) is 35.9 Å². The summed E-state index contributed by atoms with van der Waals surface area (Å²) in [6.07, 6.45) is 1.19. The van der Waals surface area contributed by atoms with Crippen LogP contribution in [-0.2, 0) is 9.59 Å². The first-order valence-corrected chi connectivity index (χ1v) is 7.40. The van der Waals surface area contributed by atoms with Gasteiger partial charge in [-0.05, 0) is 18.4 Å². The summed E-state index contributed by atoms with van der Waals surface area (Å²) in [4.78, 5) is 25.4. The van der Waals surface area contributed by atoms with Gasteiger partial charge in [-0.15, -0.1) is 0 Å². The Kier molecular flexibility index (Phi) is 4.70. The number of carboxylic acids is 1. The van der Waals surface area contributed by atoms with Gasteiger partial charge in [0.2, 0.25) is 5.91 Å². The van der Waals surface area contributed by atoms with Gasteiger partial charge in [0.05, 0.1) is 6.04 Å². The van der Waals surface area contributed by atoms with Crippen LogP contribution in [0.4, 0.5) is 0 Å². The molecule has 0 aromatic heterocycles. The Morgan fingerprint density at radius 2 is 2.00 bits per heavy atom. The van der Waals surface area contributed by atoms with Gasteiger partial charge < -0.3 is 10.0 Å². The molecule has 0 bridgehead atoms. The molecule has 1 aliphatic rings. The maximum atomic E-state index is 12.5. The third-order valence-electron chi connectivity index (χ3n) is 3.80. The van der Waals surface area contributed by atoms with Crippen LogP contribution in [-0.4, -0.2) is 33.7 Å². The molecule has 108 valence electrons. The Labute approximate surface area is 124 Å². The first-order valence-electron chi connectivity index (χ1n) is 6.77. The van der Waals surface area contributed by atoms with E-state index in [1.807, 2.05) is 30.3 Å². The van der Waals surface area contributed by atoms with Crippen molar-refractivity contribution in [1.29, 1.82) is 0 Å². The topological polar surface area (TPSA) is 57.6 Å². The Bertz CT molecular complexity index is 491. The van der Waals surface area contributed by atoms with Crippen LogP contribution < -0.4 is 0 Å². The quantitative estimate of drug-likeness (QED) is 0.838. The highest BCUT2D eigenvalue weighted by atomic mass is 32.1. The highest BCUT2D eigenvalue weighted by molar-refractivity contribution is 7.80. The van der Waals surface area contributed by atoms with Crippen molar-refractivity contribution in [2.45, 2.75) is 31.8 Å². The van der Waals surface area contributed by atoms with Crippen LogP contribution in [0.2, 0.25) is 0 Å². The lowest BCUT2D eigenvalue weighted by atomic mass is 10.0. The van der Waals surface area contributed by atoms with Crippen LogP contribution in [0.1, 0.15) is 31.4 Å². The molecule has 1 aromatic carbocycles. The van der Waals surface area contributed by atoms with Crippen molar-refractivity contribution in [3.8, 4) is 0 Å². The van der Waals surface area contributed by atoms with E-state index in [0.717, 1.165) is 5.56 Å². The van der Waals surface area contributed by atoms with Gasteiger partial charge in [0.25, 0.3) is 0 Å². The van der Waals surface area contributed by atoms with E-state index in [1.165, 1.54) is 0 Å². The molecule has 1 fully saturated rings. The van der Waals surface area contributed by atoms with Crippen molar-refractivity contribution in [1.82, 2.24) is 4.90 Å². The molecule has 0 spiro atoms. The zero-order valence-electron chi connectivity index (χ0n) is 11.4. The number of amides is 1. The van der Waals surface area contributed by atoms with Gasteiger partial charge >= 0.3 is 5.97 Å². The molecule has 4 nitrogen and oxygen atoms in total. The molecule has 20 heavy (non-hydrogen) atoms. The minimum atomic E-state index is -0.928. The van der Waals surface area contributed by atoms with E-state index < -0.39 is 12.0 Å². The predicted molar refractivity (Wildman–Crippen MR) is 79.7 cm³/mol. The number of aliphatic carboxylic acids is 1. The molecular formula is C15H19NO3S. The maximum absolute atomic E-state index is 12.5. The fourth-order valence-corrected chi connectivity index (χ4v) is 2.85. The number of hydrogen-bond acceptors (Lipinski definition) is 3. The van der Waals surface area contributed by atoms with Gasteiger partial charge in [-0.2, -0.15) is 12.6 Å². The summed E-state index contributed by atoms with van der Waals surface area (Å²) in [5.74, 6) is -0.908. The first kappa shape index (κ1) is 14.9. The van der Waals surface area contributed by atoms with Gasteiger partial charge in [-0.1, -0.05) is 37.3 Å². The Morgan fingerprint density at radius 3 is 2.55 bits per heavy atom. The molecule has 1 aromatic rings. The van der Waals surface area contributed by atoms with Crippen molar-refractivity contribution in [2.75, 3.05) is 5.75 Å². The van der Waals surface area contributed by atoms with E-state index in [2.05, 4.69) is 12.6 Å². The van der Waals surface area contributed by atoms with E-state index in [-0.39, 0.29) is 17.9 Å². The van der Waals surface area contributed by atoms with Crippen LogP contribution >= 0.6 is 12.6 Å². The van der Waals surface area contributed by atoms with Crippen molar-refractivity contribution in [3.63, 3.8) is 0 Å². The highest BCUT2D eigenvalue weighted by Crippen LogP contribution is 2.37. The zero-order chi connectivity index (χ0) is 14.7. The Hall–Kier alpha value is -1.49. The number of benzene rings is 1. The van der Waals surface area contributed by atoms with Crippen molar-refractivity contribution in [2.24, 2.45) is 5.92 Å².